The maximum Gasteiger partial charge on any atom is 0.360 e. The van der Waals surface area contributed by atoms with E-state index in [2.05, 4.69) is 10.3 Å². The maximum absolute atomic E-state index is 11.9. The Balaban J connectivity index is 2.55. The summed E-state index contributed by atoms with van der Waals surface area (Å²) in [7, 11) is 1.28. The van der Waals surface area contributed by atoms with E-state index in [4.69, 9.17) is 32.4 Å². The van der Waals surface area contributed by atoms with Crippen molar-refractivity contribution in [2.75, 3.05) is 12.4 Å². The van der Waals surface area contributed by atoms with Gasteiger partial charge in [-0.15, -0.1) is 0 Å². The van der Waals surface area contributed by atoms with Gasteiger partial charge in [-0.1, -0.05) is 23.2 Å². The second-order valence-corrected chi connectivity index (χ2v) is 6.53. The molecule has 0 amide bonds. The highest BCUT2D eigenvalue weighted by atomic mass is 35.5. The number of nitrogens with zero attached hydrogens (tertiary/aromatic N) is 1. The van der Waals surface area contributed by atoms with Crippen molar-refractivity contribution in [3.8, 4) is 11.3 Å². The number of benzene rings is 1. The van der Waals surface area contributed by atoms with Crippen molar-refractivity contribution in [3.05, 3.63) is 33.9 Å². The predicted octanol–water partition coefficient (Wildman–Crippen LogP) is 4.65. The van der Waals surface area contributed by atoms with Gasteiger partial charge >= 0.3 is 5.97 Å². The zero-order valence-corrected chi connectivity index (χ0v) is 14.2. The first kappa shape index (κ1) is 16.6. The number of anilines is 1. The van der Waals surface area contributed by atoms with Gasteiger partial charge in [0.1, 0.15) is 0 Å². The third-order valence-electron chi connectivity index (χ3n) is 2.66. The van der Waals surface area contributed by atoms with Crippen LogP contribution in [0.25, 0.3) is 11.3 Å². The molecule has 0 aliphatic rings. The molecular formula is C15H16Cl2N2O3. The Morgan fingerprint density at radius 2 is 2.00 bits per heavy atom. The fourth-order valence-electron chi connectivity index (χ4n) is 1.79. The lowest BCUT2D eigenvalue weighted by molar-refractivity contribution is 0.0595. The minimum absolute atomic E-state index is 0.0541. The molecule has 1 heterocycles. The Hall–Kier alpha value is -1.72. The smallest absolute Gasteiger partial charge is 0.360 e. The number of rotatable bonds is 3. The van der Waals surface area contributed by atoms with Crippen molar-refractivity contribution < 1.29 is 13.9 Å². The minimum atomic E-state index is -0.605. The summed E-state index contributed by atoms with van der Waals surface area (Å²) in [4.78, 5) is 16.1. The fraction of sp³-hybridized carbons (Fsp3) is 0.333. The normalized spacial score (nSPS) is 11.4. The largest absolute Gasteiger partial charge is 0.464 e. The summed E-state index contributed by atoms with van der Waals surface area (Å²) < 4.78 is 10.4. The standard InChI is InChI=1S/C15H16Cl2N2O3/c1-15(2,3)19-14-18-11(13(20)21-4)12(22-14)9-6-5-8(16)7-10(9)17/h5-7H,1-4H3,(H,18,19). The molecule has 0 atom stereocenters. The van der Waals surface area contributed by atoms with E-state index < -0.39 is 5.97 Å². The third kappa shape index (κ3) is 3.72. The Kier molecular flexibility index (Phi) is 4.68. The van der Waals surface area contributed by atoms with Gasteiger partial charge in [0.25, 0.3) is 6.01 Å². The molecule has 22 heavy (non-hydrogen) atoms. The number of hydrogen-bond donors (Lipinski definition) is 1. The van der Waals surface area contributed by atoms with Crippen molar-refractivity contribution >= 4 is 35.2 Å². The highest BCUT2D eigenvalue weighted by Gasteiger charge is 2.25. The topological polar surface area (TPSA) is 64.4 Å². The van der Waals surface area contributed by atoms with Gasteiger partial charge in [0, 0.05) is 16.1 Å². The van der Waals surface area contributed by atoms with Crippen LogP contribution in [0.2, 0.25) is 10.0 Å². The molecule has 2 aromatic rings. The van der Waals surface area contributed by atoms with E-state index in [1.165, 1.54) is 7.11 Å². The van der Waals surface area contributed by atoms with Crippen LogP contribution in [0.15, 0.2) is 22.6 Å². The van der Waals surface area contributed by atoms with Gasteiger partial charge in [-0.25, -0.2) is 4.79 Å². The molecule has 0 bridgehead atoms. The zero-order valence-electron chi connectivity index (χ0n) is 12.7. The van der Waals surface area contributed by atoms with Crippen LogP contribution in [0.1, 0.15) is 31.3 Å². The lowest BCUT2D eigenvalue weighted by Crippen LogP contribution is -2.26. The number of aromatic nitrogens is 1. The monoisotopic (exact) mass is 342 g/mol. The number of esters is 1. The van der Waals surface area contributed by atoms with E-state index in [9.17, 15) is 4.79 Å². The highest BCUT2D eigenvalue weighted by Crippen LogP contribution is 2.35. The van der Waals surface area contributed by atoms with Crippen LogP contribution in [-0.2, 0) is 4.74 Å². The molecule has 1 aromatic heterocycles. The first-order valence-electron chi connectivity index (χ1n) is 6.54. The van der Waals surface area contributed by atoms with Crippen molar-refractivity contribution in [1.82, 2.24) is 4.98 Å². The average Bonchev–Trinajstić information content (AvgIpc) is 2.79. The summed E-state index contributed by atoms with van der Waals surface area (Å²) in [6.07, 6.45) is 0. The molecule has 2 rings (SSSR count). The van der Waals surface area contributed by atoms with Gasteiger partial charge in [-0.05, 0) is 39.0 Å². The van der Waals surface area contributed by atoms with Crippen LogP contribution in [-0.4, -0.2) is 23.6 Å². The number of nitrogens with one attached hydrogen (secondary N) is 1. The summed E-state index contributed by atoms with van der Waals surface area (Å²) in [5.41, 5.74) is 0.290. The molecular weight excluding hydrogens is 327 g/mol. The Morgan fingerprint density at radius 1 is 1.32 bits per heavy atom. The zero-order chi connectivity index (χ0) is 16.5. The molecule has 0 fully saturated rings. The van der Waals surface area contributed by atoms with E-state index >= 15 is 0 Å². The van der Waals surface area contributed by atoms with E-state index in [0.717, 1.165) is 0 Å². The number of methoxy groups -OCH3 is 1. The Bertz CT molecular complexity index is 705. The Morgan fingerprint density at radius 3 is 2.55 bits per heavy atom. The SMILES string of the molecule is COC(=O)c1nc(NC(C)(C)C)oc1-c1ccc(Cl)cc1Cl. The maximum atomic E-state index is 11.9. The van der Waals surface area contributed by atoms with Crippen LogP contribution in [0, 0.1) is 0 Å². The molecule has 7 heteroatoms. The fourth-order valence-corrected chi connectivity index (χ4v) is 2.28. The number of carbonyl (C=O) groups excluding carboxylic acids is 1. The van der Waals surface area contributed by atoms with Crippen LogP contribution < -0.4 is 5.32 Å². The number of ether oxygens (including phenoxy) is 1. The second-order valence-electron chi connectivity index (χ2n) is 5.69. The molecule has 0 aliphatic carbocycles. The van der Waals surface area contributed by atoms with Gasteiger partial charge in [0.2, 0.25) is 0 Å². The third-order valence-corrected chi connectivity index (χ3v) is 3.21. The van der Waals surface area contributed by atoms with Crippen molar-refractivity contribution in [1.29, 1.82) is 0 Å². The summed E-state index contributed by atoms with van der Waals surface area (Å²) in [6.45, 7) is 5.85. The van der Waals surface area contributed by atoms with Gasteiger partial charge in [-0.2, -0.15) is 4.98 Å². The minimum Gasteiger partial charge on any atom is -0.464 e. The highest BCUT2D eigenvalue weighted by molar-refractivity contribution is 6.36. The van der Waals surface area contributed by atoms with Crippen molar-refractivity contribution in [2.24, 2.45) is 0 Å². The molecule has 0 unspecified atom stereocenters. The molecule has 1 aromatic carbocycles. The lowest BCUT2D eigenvalue weighted by Gasteiger charge is -2.18. The van der Waals surface area contributed by atoms with Gasteiger partial charge in [0.05, 0.1) is 12.1 Å². The second kappa shape index (κ2) is 6.18. The molecule has 118 valence electrons. The van der Waals surface area contributed by atoms with Gasteiger partial charge in [-0.3, -0.25) is 0 Å². The van der Waals surface area contributed by atoms with Crippen molar-refractivity contribution in [2.45, 2.75) is 26.3 Å². The first-order valence-corrected chi connectivity index (χ1v) is 7.29. The van der Waals surface area contributed by atoms with E-state index in [-0.39, 0.29) is 23.0 Å². The average molecular weight is 343 g/mol. The van der Waals surface area contributed by atoms with Crippen LogP contribution in [0.3, 0.4) is 0 Å². The van der Waals surface area contributed by atoms with Crippen LogP contribution >= 0.6 is 23.2 Å². The number of hydrogen-bond acceptors (Lipinski definition) is 5. The van der Waals surface area contributed by atoms with Crippen molar-refractivity contribution in [3.63, 3.8) is 0 Å². The Labute approximate surface area is 138 Å². The van der Waals surface area contributed by atoms with Gasteiger partial charge in [0.15, 0.2) is 11.5 Å². The number of halogens is 2. The molecule has 0 saturated carbocycles. The quantitative estimate of drug-likeness (QED) is 0.822. The van der Waals surface area contributed by atoms with Crippen LogP contribution in [0.5, 0.6) is 0 Å². The lowest BCUT2D eigenvalue weighted by atomic mass is 10.1. The predicted molar refractivity (Wildman–Crippen MR) is 86.7 cm³/mol. The molecule has 0 saturated heterocycles. The van der Waals surface area contributed by atoms with E-state index in [1.807, 2.05) is 20.8 Å². The summed E-state index contributed by atoms with van der Waals surface area (Å²) in [6, 6.07) is 5.11. The number of oxazole rings is 1. The van der Waals surface area contributed by atoms with E-state index in [0.29, 0.717) is 15.6 Å². The number of carbonyl (C=O) groups is 1. The van der Waals surface area contributed by atoms with E-state index in [1.54, 1.807) is 18.2 Å². The molecule has 5 nitrogen and oxygen atoms in total. The molecule has 0 aliphatic heterocycles. The summed E-state index contributed by atoms with van der Waals surface area (Å²) in [5.74, 6) is -0.369. The molecule has 0 spiro atoms. The summed E-state index contributed by atoms with van der Waals surface area (Å²) >= 11 is 12.1. The van der Waals surface area contributed by atoms with Gasteiger partial charge < -0.3 is 14.5 Å². The van der Waals surface area contributed by atoms with Crippen LogP contribution in [0.4, 0.5) is 6.01 Å². The molecule has 1 N–H and O–H groups in total. The summed E-state index contributed by atoms with van der Waals surface area (Å²) in [5, 5.41) is 3.91. The first-order chi connectivity index (χ1) is 10.2. The molecule has 0 radical (unpaired) electrons.